The minimum atomic E-state index is -1.02. The predicted molar refractivity (Wildman–Crippen MR) is 129 cm³/mol. The highest BCUT2D eigenvalue weighted by molar-refractivity contribution is 5.94. The van der Waals surface area contributed by atoms with Gasteiger partial charge in [-0.1, -0.05) is 18.6 Å². The average molecular weight is 492 g/mol. The zero-order chi connectivity index (χ0) is 26.0. The topological polar surface area (TPSA) is 199 Å². The molecule has 0 aliphatic carbocycles. The summed E-state index contributed by atoms with van der Waals surface area (Å²) in [5, 5.41) is 16.3. The van der Waals surface area contributed by atoms with Gasteiger partial charge in [0.05, 0.1) is 11.7 Å². The van der Waals surface area contributed by atoms with Crippen molar-refractivity contribution in [3.8, 4) is 0 Å². The first-order valence-corrected chi connectivity index (χ1v) is 11.9. The molecule has 3 amide bonds. The van der Waals surface area contributed by atoms with Crippen molar-refractivity contribution in [1.29, 1.82) is 0 Å². The number of amides is 3. The molecule has 0 fully saturated rings. The summed E-state index contributed by atoms with van der Waals surface area (Å²) in [6, 6.07) is -2.63. The molecule has 1 aromatic heterocycles. The van der Waals surface area contributed by atoms with Gasteiger partial charge in [0, 0.05) is 31.6 Å². The molecule has 2 rings (SSSR count). The van der Waals surface area contributed by atoms with Crippen LogP contribution in [0.1, 0.15) is 58.6 Å². The molecule has 194 valence electrons. The molecule has 13 nitrogen and oxygen atoms in total. The lowest BCUT2D eigenvalue weighted by Gasteiger charge is -2.24. The Morgan fingerprint density at radius 3 is 2.66 bits per heavy atom. The molecule has 13 heteroatoms. The minimum Gasteiger partial charge on any atom is -0.370 e. The number of nitrogens with two attached hydrogens (primary N) is 2. The summed E-state index contributed by atoms with van der Waals surface area (Å²) in [5.74, 6) is -1.80. The standard InChI is InChI=1S/C22H37N9O4/c1-13-7-4-5-10-31-12-16(29-30-31)11-18(28-20(34)14(2)26-19(13)33)21(35)27-17(15(3)32)8-6-9-25-22(23)24/h12-14,17-18H,4-11H2,1-3H3,(H,26,33)(H,27,35)(H,28,34)(H4,23,24,25). The lowest BCUT2D eigenvalue weighted by atomic mass is 10.0. The number of hydrogen-bond acceptors (Lipinski definition) is 7. The van der Waals surface area contributed by atoms with Crippen molar-refractivity contribution in [2.45, 2.75) is 84.0 Å². The van der Waals surface area contributed by atoms with Gasteiger partial charge in [-0.3, -0.25) is 28.9 Å². The van der Waals surface area contributed by atoms with Gasteiger partial charge >= 0.3 is 0 Å². The first-order chi connectivity index (χ1) is 16.6. The van der Waals surface area contributed by atoms with Gasteiger partial charge < -0.3 is 27.4 Å². The lowest BCUT2D eigenvalue weighted by Crippen LogP contribution is -2.56. The maximum Gasteiger partial charge on any atom is 0.243 e. The van der Waals surface area contributed by atoms with Crippen LogP contribution in [-0.4, -0.2) is 69.1 Å². The Balaban J connectivity index is 2.18. The fourth-order valence-electron chi connectivity index (χ4n) is 3.69. The van der Waals surface area contributed by atoms with E-state index in [1.807, 2.05) is 6.92 Å². The number of hydrogen-bond donors (Lipinski definition) is 5. The van der Waals surface area contributed by atoms with E-state index in [9.17, 15) is 19.2 Å². The molecule has 0 radical (unpaired) electrons. The second kappa shape index (κ2) is 13.4. The smallest absolute Gasteiger partial charge is 0.243 e. The van der Waals surface area contributed by atoms with E-state index in [0.717, 1.165) is 12.8 Å². The van der Waals surface area contributed by atoms with Gasteiger partial charge in [-0.2, -0.15) is 0 Å². The highest BCUT2D eigenvalue weighted by Crippen LogP contribution is 2.11. The molecule has 0 saturated heterocycles. The number of fused-ring (bicyclic) bond motifs is 2. The van der Waals surface area contributed by atoms with Crippen molar-refractivity contribution in [3.63, 3.8) is 0 Å². The van der Waals surface area contributed by atoms with Crippen molar-refractivity contribution in [1.82, 2.24) is 30.9 Å². The Hall–Kier alpha value is -3.51. The van der Waals surface area contributed by atoms with Crippen molar-refractivity contribution < 1.29 is 19.2 Å². The largest absolute Gasteiger partial charge is 0.370 e. The van der Waals surface area contributed by atoms with Crippen LogP contribution in [0.3, 0.4) is 0 Å². The van der Waals surface area contributed by atoms with Crippen LogP contribution in [-0.2, 0) is 32.1 Å². The number of aromatic nitrogens is 3. The Bertz CT molecular complexity index is 926. The summed E-state index contributed by atoms with van der Waals surface area (Å²) in [6.45, 7) is 5.71. The van der Waals surface area contributed by atoms with Crippen LogP contribution in [0.5, 0.6) is 0 Å². The zero-order valence-electron chi connectivity index (χ0n) is 20.6. The molecule has 4 atom stereocenters. The number of rotatable bonds is 7. The third-order valence-electron chi connectivity index (χ3n) is 5.86. The Labute approximate surface area is 204 Å². The Morgan fingerprint density at radius 2 is 1.97 bits per heavy atom. The third-order valence-corrected chi connectivity index (χ3v) is 5.86. The highest BCUT2D eigenvalue weighted by atomic mass is 16.2. The number of ketones is 1. The van der Waals surface area contributed by atoms with Gasteiger partial charge in [-0.15, -0.1) is 5.10 Å². The van der Waals surface area contributed by atoms with E-state index in [1.54, 1.807) is 17.8 Å². The number of guanidine groups is 1. The van der Waals surface area contributed by atoms with Crippen LogP contribution in [0, 0.1) is 5.92 Å². The fourth-order valence-corrected chi connectivity index (χ4v) is 3.69. The van der Waals surface area contributed by atoms with Crippen LogP contribution in [0.25, 0.3) is 0 Å². The quantitative estimate of drug-likeness (QED) is 0.177. The number of nitrogens with zero attached hydrogens (tertiary/aromatic N) is 4. The van der Waals surface area contributed by atoms with Gasteiger partial charge in [-0.25, -0.2) is 0 Å². The molecule has 0 aromatic carbocycles. The second-order valence-electron chi connectivity index (χ2n) is 8.99. The maximum atomic E-state index is 13.1. The van der Waals surface area contributed by atoms with Gasteiger partial charge in [0.1, 0.15) is 12.1 Å². The number of aliphatic imine (C=N–C) groups is 1. The van der Waals surface area contributed by atoms with Crippen LogP contribution in [0.2, 0.25) is 0 Å². The summed E-state index contributed by atoms with van der Waals surface area (Å²) in [7, 11) is 0. The molecule has 0 spiro atoms. The number of nitrogens with one attached hydrogen (secondary N) is 3. The molecule has 1 aliphatic rings. The van der Waals surface area contributed by atoms with Crippen molar-refractivity contribution in [2.75, 3.05) is 6.54 Å². The number of carbonyl (C=O) groups is 4. The number of carbonyl (C=O) groups excluding carboxylic acids is 4. The SMILES string of the molecule is CC(=O)C(CCCN=C(N)N)NC(=O)C1Cc2cn(nn2)CCCCC(C)C(=O)NC(C)C(=O)N1. The van der Waals surface area contributed by atoms with E-state index in [0.29, 0.717) is 38.0 Å². The van der Waals surface area contributed by atoms with Crippen molar-refractivity contribution in [3.05, 3.63) is 11.9 Å². The molecule has 0 saturated carbocycles. The van der Waals surface area contributed by atoms with E-state index in [-0.39, 0.29) is 30.0 Å². The number of aryl methyl sites for hydroxylation is 1. The Kier molecular flexibility index (Phi) is 10.6. The third kappa shape index (κ3) is 9.33. The molecular formula is C22H37N9O4. The monoisotopic (exact) mass is 491 g/mol. The van der Waals surface area contributed by atoms with E-state index in [2.05, 4.69) is 31.3 Å². The van der Waals surface area contributed by atoms with Gasteiger partial charge in [-0.05, 0) is 39.5 Å². The molecule has 2 heterocycles. The second-order valence-corrected chi connectivity index (χ2v) is 8.99. The Morgan fingerprint density at radius 1 is 1.23 bits per heavy atom. The van der Waals surface area contributed by atoms with E-state index >= 15 is 0 Å². The van der Waals surface area contributed by atoms with Crippen molar-refractivity contribution in [2.24, 2.45) is 22.4 Å². The molecule has 7 N–H and O–H groups in total. The van der Waals surface area contributed by atoms with Gasteiger partial charge in [0.25, 0.3) is 0 Å². The fraction of sp³-hybridized carbons (Fsp3) is 0.682. The summed E-state index contributed by atoms with van der Waals surface area (Å²) >= 11 is 0. The number of Topliss-reactive ketones (excluding diaryl/α,β-unsaturated/α-hetero) is 1. The first-order valence-electron chi connectivity index (χ1n) is 11.9. The predicted octanol–water partition coefficient (Wildman–Crippen LogP) is -1.24. The van der Waals surface area contributed by atoms with Crippen LogP contribution >= 0.6 is 0 Å². The van der Waals surface area contributed by atoms with Crippen LogP contribution in [0.4, 0.5) is 0 Å². The van der Waals surface area contributed by atoms with Crippen LogP contribution < -0.4 is 27.4 Å². The lowest BCUT2D eigenvalue weighted by molar-refractivity contribution is -0.133. The maximum absolute atomic E-state index is 13.1. The molecule has 2 bridgehead atoms. The van der Waals surface area contributed by atoms with E-state index < -0.39 is 29.9 Å². The summed E-state index contributed by atoms with van der Waals surface area (Å²) in [4.78, 5) is 54.4. The minimum absolute atomic E-state index is 0.0461. The van der Waals surface area contributed by atoms with E-state index in [1.165, 1.54) is 6.92 Å². The normalized spacial score (nSPS) is 22.5. The first kappa shape index (κ1) is 27.7. The van der Waals surface area contributed by atoms with E-state index in [4.69, 9.17) is 11.5 Å². The summed E-state index contributed by atoms with van der Waals surface area (Å²) < 4.78 is 1.68. The van der Waals surface area contributed by atoms with Gasteiger partial charge in [0.15, 0.2) is 11.7 Å². The molecule has 35 heavy (non-hydrogen) atoms. The zero-order valence-corrected chi connectivity index (χ0v) is 20.6. The molecule has 1 aromatic rings. The summed E-state index contributed by atoms with van der Waals surface area (Å²) in [5.41, 5.74) is 11.2. The highest BCUT2D eigenvalue weighted by Gasteiger charge is 2.29. The molecule has 4 unspecified atom stereocenters. The van der Waals surface area contributed by atoms with Gasteiger partial charge in [0.2, 0.25) is 17.7 Å². The van der Waals surface area contributed by atoms with Crippen molar-refractivity contribution >= 4 is 29.5 Å². The van der Waals surface area contributed by atoms with Crippen LogP contribution in [0.15, 0.2) is 11.2 Å². The summed E-state index contributed by atoms with van der Waals surface area (Å²) in [6.07, 6.45) is 4.95. The average Bonchev–Trinajstić information content (AvgIpc) is 3.24. The molecule has 1 aliphatic heterocycles. The molecular weight excluding hydrogens is 454 g/mol.